The average molecular weight is 197 g/mol. The molecule has 0 unspecified atom stereocenters. The molecule has 1 aliphatic carbocycles. The predicted octanol–water partition coefficient (Wildman–Crippen LogP) is 2.69. The summed E-state index contributed by atoms with van der Waals surface area (Å²) in [7, 11) is 0. The summed E-state index contributed by atoms with van der Waals surface area (Å²) < 4.78 is 5.51. The fourth-order valence-corrected chi connectivity index (χ4v) is 1.33. The molecule has 0 aromatic heterocycles. The number of ether oxygens (including phenoxy) is 1. The van der Waals surface area contributed by atoms with E-state index in [0.29, 0.717) is 22.4 Å². The maximum atomic E-state index is 10.5. The second kappa shape index (κ2) is 3.38. The quantitative estimate of drug-likeness (QED) is 0.695. The molecular weight excluding hydrogens is 188 g/mol. The number of carbonyl (C=O) groups excluding carboxylic acids is 1. The van der Waals surface area contributed by atoms with Crippen LogP contribution < -0.4 is 4.74 Å². The molecular formula is C10H9ClO2. The highest BCUT2D eigenvalue weighted by Gasteiger charge is 2.23. The molecule has 0 heterocycles. The summed E-state index contributed by atoms with van der Waals surface area (Å²) in [5, 5.41) is 0.542. The fourth-order valence-electron chi connectivity index (χ4n) is 1.10. The average Bonchev–Trinajstić information content (AvgIpc) is 2.87. The van der Waals surface area contributed by atoms with Gasteiger partial charge in [0.25, 0.3) is 0 Å². The fraction of sp³-hybridized carbons (Fsp3) is 0.300. The lowest BCUT2D eigenvalue weighted by atomic mass is 10.2. The second-order valence-electron chi connectivity index (χ2n) is 3.16. The molecule has 0 saturated heterocycles. The van der Waals surface area contributed by atoms with E-state index in [-0.39, 0.29) is 0 Å². The monoisotopic (exact) mass is 196 g/mol. The number of rotatable bonds is 3. The highest BCUT2D eigenvalue weighted by Crippen LogP contribution is 2.28. The standard InChI is InChI=1S/C10H9ClO2/c11-8-3-7(6-12)4-10(5-8)13-9-1-2-9/h3-6,9H,1-2H2. The lowest BCUT2D eigenvalue weighted by Gasteiger charge is -2.04. The van der Waals surface area contributed by atoms with Gasteiger partial charge in [-0.3, -0.25) is 4.79 Å². The van der Waals surface area contributed by atoms with Gasteiger partial charge in [0.05, 0.1) is 6.10 Å². The van der Waals surface area contributed by atoms with Crippen LogP contribution in [-0.2, 0) is 0 Å². The van der Waals surface area contributed by atoms with Crippen molar-refractivity contribution in [3.63, 3.8) is 0 Å². The van der Waals surface area contributed by atoms with Crippen molar-refractivity contribution >= 4 is 17.9 Å². The van der Waals surface area contributed by atoms with Crippen molar-refractivity contribution < 1.29 is 9.53 Å². The third-order valence-electron chi connectivity index (χ3n) is 1.86. The van der Waals surface area contributed by atoms with E-state index < -0.39 is 0 Å². The molecule has 0 radical (unpaired) electrons. The van der Waals surface area contributed by atoms with Gasteiger partial charge >= 0.3 is 0 Å². The van der Waals surface area contributed by atoms with Crippen LogP contribution in [0.2, 0.25) is 5.02 Å². The largest absolute Gasteiger partial charge is 0.490 e. The lowest BCUT2D eigenvalue weighted by Crippen LogP contribution is -1.96. The van der Waals surface area contributed by atoms with Crippen molar-refractivity contribution in [1.82, 2.24) is 0 Å². The number of hydrogen-bond acceptors (Lipinski definition) is 2. The zero-order valence-electron chi connectivity index (χ0n) is 7.00. The minimum atomic E-state index is 0.331. The van der Waals surface area contributed by atoms with E-state index in [1.54, 1.807) is 18.2 Å². The smallest absolute Gasteiger partial charge is 0.150 e. The van der Waals surface area contributed by atoms with Gasteiger partial charge in [0, 0.05) is 10.6 Å². The van der Waals surface area contributed by atoms with E-state index in [2.05, 4.69) is 0 Å². The third kappa shape index (κ3) is 2.22. The lowest BCUT2D eigenvalue weighted by molar-refractivity contribution is 0.112. The molecule has 1 saturated carbocycles. The molecule has 2 rings (SSSR count). The van der Waals surface area contributed by atoms with Crippen LogP contribution in [0.15, 0.2) is 18.2 Å². The van der Waals surface area contributed by atoms with Crippen LogP contribution in [0.5, 0.6) is 5.75 Å². The van der Waals surface area contributed by atoms with Crippen LogP contribution in [0.25, 0.3) is 0 Å². The Morgan fingerprint density at radius 2 is 2.15 bits per heavy atom. The van der Waals surface area contributed by atoms with Crippen LogP contribution in [0.4, 0.5) is 0 Å². The van der Waals surface area contributed by atoms with E-state index >= 15 is 0 Å². The molecule has 0 amide bonds. The summed E-state index contributed by atoms with van der Waals surface area (Å²) >= 11 is 5.79. The molecule has 3 heteroatoms. The van der Waals surface area contributed by atoms with Gasteiger partial charge in [0.15, 0.2) is 0 Å². The van der Waals surface area contributed by atoms with Crippen molar-refractivity contribution in [3.05, 3.63) is 28.8 Å². The normalized spacial score (nSPS) is 15.5. The summed E-state index contributed by atoms with van der Waals surface area (Å²) in [6, 6.07) is 5.05. The van der Waals surface area contributed by atoms with Gasteiger partial charge < -0.3 is 4.74 Å². The summed E-state index contributed by atoms with van der Waals surface area (Å²) in [6.45, 7) is 0. The summed E-state index contributed by atoms with van der Waals surface area (Å²) in [4.78, 5) is 10.5. The van der Waals surface area contributed by atoms with Gasteiger partial charge in [-0.25, -0.2) is 0 Å². The molecule has 0 N–H and O–H groups in total. The summed E-state index contributed by atoms with van der Waals surface area (Å²) in [5.41, 5.74) is 0.558. The molecule has 13 heavy (non-hydrogen) atoms. The van der Waals surface area contributed by atoms with Crippen molar-refractivity contribution in [3.8, 4) is 5.75 Å². The number of hydrogen-bond donors (Lipinski definition) is 0. The number of aldehydes is 1. The Hall–Kier alpha value is -1.02. The first-order valence-electron chi connectivity index (χ1n) is 4.20. The molecule has 1 fully saturated rings. The zero-order valence-corrected chi connectivity index (χ0v) is 7.75. The van der Waals surface area contributed by atoms with Gasteiger partial charge in [-0.2, -0.15) is 0 Å². The van der Waals surface area contributed by atoms with E-state index in [1.807, 2.05) is 0 Å². The SMILES string of the molecule is O=Cc1cc(Cl)cc(OC2CC2)c1. The molecule has 0 spiro atoms. The molecule has 1 aromatic carbocycles. The van der Waals surface area contributed by atoms with E-state index in [9.17, 15) is 4.79 Å². The van der Waals surface area contributed by atoms with Crippen molar-refractivity contribution in [2.45, 2.75) is 18.9 Å². The highest BCUT2D eigenvalue weighted by atomic mass is 35.5. The van der Waals surface area contributed by atoms with Crippen LogP contribution in [0.1, 0.15) is 23.2 Å². The number of benzene rings is 1. The van der Waals surface area contributed by atoms with Gasteiger partial charge in [0.1, 0.15) is 12.0 Å². The molecule has 1 aliphatic rings. The van der Waals surface area contributed by atoms with Crippen LogP contribution in [0, 0.1) is 0 Å². The minimum Gasteiger partial charge on any atom is -0.490 e. The van der Waals surface area contributed by atoms with E-state index in [1.165, 1.54) is 0 Å². The highest BCUT2D eigenvalue weighted by molar-refractivity contribution is 6.31. The zero-order chi connectivity index (χ0) is 9.26. The third-order valence-corrected chi connectivity index (χ3v) is 2.08. The van der Waals surface area contributed by atoms with Crippen molar-refractivity contribution in [2.24, 2.45) is 0 Å². The van der Waals surface area contributed by atoms with Crippen LogP contribution in [0.3, 0.4) is 0 Å². The van der Waals surface area contributed by atoms with E-state index in [0.717, 1.165) is 19.1 Å². The maximum Gasteiger partial charge on any atom is 0.150 e. The predicted molar refractivity (Wildman–Crippen MR) is 50.5 cm³/mol. The summed E-state index contributed by atoms with van der Waals surface area (Å²) in [6.07, 6.45) is 3.30. The first-order valence-corrected chi connectivity index (χ1v) is 4.58. The maximum absolute atomic E-state index is 10.5. The molecule has 0 atom stereocenters. The Morgan fingerprint density at radius 3 is 2.77 bits per heavy atom. The Labute approximate surface area is 81.5 Å². The van der Waals surface area contributed by atoms with Crippen molar-refractivity contribution in [2.75, 3.05) is 0 Å². The Balaban J connectivity index is 2.22. The number of halogens is 1. The number of carbonyl (C=O) groups is 1. The molecule has 2 nitrogen and oxygen atoms in total. The molecule has 68 valence electrons. The first kappa shape index (κ1) is 8.57. The topological polar surface area (TPSA) is 26.3 Å². The minimum absolute atomic E-state index is 0.331. The van der Waals surface area contributed by atoms with Gasteiger partial charge in [0.2, 0.25) is 0 Å². The Morgan fingerprint density at radius 1 is 1.38 bits per heavy atom. The molecule has 1 aromatic rings. The van der Waals surface area contributed by atoms with Crippen molar-refractivity contribution in [1.29, 1.82) is 0 Å². The molecule has 0 bridgehead atoms. The van der Waals surface area contributed by atoms with E-state index in [4.69, 9.17) is 16.3 Å². The first-order chi connectivity index (χ1) is 6.28. The van der Waals surface area contributed by atoms with Gasteiger partial charge in [-0.15, -0.1) is 0 Å². The Bertz CT molecular complexity index is 332. The van der Waals surface area contributed by atoms with Gasteiger partial charge in [-0.05, 0) is 31.0 Å². The van der Waals surface area contributed by atoms with Crippen LogP contribution >= 0.6 is 11.6 Å². The van der Waals surface area contributed by atoms with Gasteiger partial charge in [-0.1, -0.05) is 11.6 Å². The van der Waals surface area contributed by atoms with Crippen LogP contribution in [-0.4, -0.2) is 12.4 Å². The molecule has 0 aliphatic heterocycles. The second-order valence-corrected chi connectivity index (χ2v) is 3.59. The summed E-state index contributed by atoms with van der Waals surface area (Å²) in [5.74, 6) is 0.692. The Kier molecular flexibility index (Phi) is 2.23.